The summed E-state index contributed by atoms with van der Waals surface area (Å²) in [5.74, 6) is 0.294. The Bertz CT molecular complexity index is 396. The maximum absolute atomic E-state index is 12.5. The van der Waals surface area contributed by atoms with E-state index in [4.69, 9.17) is 0 Å². The first-order valence-corrected chi connectivity index (χ1v) is 9.29. The molecular weight excluding hydrogens is 304 g/mol. The van der Waals surface area contributed by atoms with Gasteiger partial charge in [-0.05, 0) is 41.0 Å². The van der Waals surface area contributed by atoms with E-state index in [9.17, 15) is 9.59 Å². The molecule has 6 nitrogen and oxygen atoms in total. The van der Waals surface area contributed by atoms with Gasteiger partial charge in [-0.1, -0.05) is 6.92 Å². The normalized spacial score (nSPS) is 18.0. The molecule has 0 saturated carbocycles. The molecule has 1 aliphatic rings. The van der Waals surface area contributed by atoms with Crippen molar-refractivity contribution in [1.29, 1.82) is 0 Å². The Hall–Kier alpha value is -1.14. The molecule has 0 radical (unpaired) electrons. The highest BCUT2D eigenvalue weighted by Crippen LogP contribution is 2.08. The predicted molar refractivity (Wildman–Crippen MR) is 97.9 cm³/mol. The molecule has 6 heteroatoms. The van der Waals surface area contributed by atoms with Gasteiger partial charge in [0.1, 0.15) is 0 Å². The quantitative estimate of drug-likeness (QED) is 0.720. The summed E-state index contributed by atoms with van der Waals surface area (Å²) in [6.07, 6.45) is 0.948. The SMILES string of the molecule is CCC(C)NC(=O)CN1CCN(CC(=O)N(C(C)C)C(C)C)CC1. The monoisotopic (exact) mass is 340 g/mol. The number of hydrogen-bond acceptors (Lipinski definition) is 4. The van der Waals surface area contributed by atoms with Crippen molar-refractivity contribution >= 4 is 11.8 Å². The minimum atomic E-state index is 0.0969. The summed E-state index contributed by atoms with van der Waals surface area (Å²) in [4.78, 5) is 30.8. The summed E-state index contributed by atoms with van der Waals surface area (Å²) in [6, 6.07) is 0.681. The number of nitrogens with one attached hydrogen (secondary N) is 1. The minimum absolute atomic E-state index is 0.0969. The van der Waals surface area contributed by atoms with Crippen LogP contribution in [0.4, 0.5) is 0 Å². The molecule has 0 spiro atoms. The van der Waals surface area contributed by atoms with E-state index in [2.05, 4.69) is 49.7 Å². The first kappa shape index (κ1) is 20.9. The van der Waals surface area contributed by atoms with Crippen molar-refractivity contribution in [2.45, 2.75) is 66.1 Å². The zero-order valence-electron chi connectivity index (χ0n) is 16.3. The molecule has 1 unspecified atom stereocenters. The van der Waals surface area contributed by atoms with Crippen LogP contribution in [-0.2, 0) is 9.59 Å². The summed E-state index contributed by atoms with van der Waals surface area (Å²) in [5, 5.41) is 3.01. The van der Waals surface area contributed by atoms with Crippen molar-refractivity contribution in [3.05, 3.63) is 0 Å². The van der Waals surface area contributed by atoms with Gasteiger partial charge in [-0.25, -0.2) is 0 Å². The average molecular weight is 341 g/mol. The summed E-state index contributed by atoms with van der Waals surface area (Å²) in [5.41, 5.74) is 0. The molecule has 1 aliphatic heterocycles. The molecule has 1 fully saturated rings. The number of amides is 2. The standard InChI is InChI=1S/C18H36N4O2/c1-7-16(6)19-17(23)12-20-8-10-21(11-9-20)13-18(24)22(14(2)3)15(4)5/h14-16H,7-13H2,1-6H3,(H,19,23). The first-order valence-electron chi connectivity index (χ1n) is 9.29. The van der Waals surface area contributed by atoms with Crippen LogP contribution < -0.4 is 5.32 Å². The van der Waals surface area contributed by atoms with Crippen molar-refractivity contribution < 1.29 is 9.59 Å². The fourth-order valence-electron chi connectivity index (χ4n) is 3.18. The lowest BCUT2D eigenvalue weighted by molar-refractivity contribution is -0.136. The van der Waals surface area contributed by atoms with Crippen LogP contribution in [0.3, 0.4) is 0 Å². The van der Waals surface area contributed by atoms with Gasteiger partial charge in [-0.15, -0.1) is 0 Å². The van der Waals surface area contributed by atoms with E-state index in [0.717, 1.165) is 32.6 Å². The van der Waals surface area contributed by atoms with Crippen LogP contribution in [-0.4, -0.2) is 83.9 Å². The van der Waals surface area contributed by atoms with Crippen LogP contribution in [0.1, 0.15) is 48.0 Å². The van der Waals surface area contributed by atoms with E-state index in [1.165, 1.54) is 0 Å². The van der Waals surface area contributed by atoms with Crippen molar-refractivity contribution in [2.75, 3.05) is 39.3 Å². The highest BCUT2D eigenvalue weighted by atomic mass is 16.2. The first-order chi connectivity index (χ1) is 11.2. The average Bonchev–Trinajstić information content (AvgIpc) is 2.48. The summed E-state index contributed by atoms with van der Waals surface area (Å²) in [6.45, 7) is 16.6. The van der Waals surface area contributed by atoms with E-state index >= 15 is 0 Å². The number of piperazine rings is 1. The largest absolute Gasteiger partial charge is 0.353 e. The summed E-state index contributed by atoms with van der Waals surface area (Å²) >= 11 is 0. The number of carbonyl (C=O) groups excluding carboxylic acids is 2. The van der Waals surface area contributed by atoms with Crippen molar-refractivity contribution in [3.63, 3.8) is 0 Å². The van der Waals surface area contributed by atoms with Crippen LogP contribution in [0.5, 0.6) is 0 Å². The van der Waals surface area contributed by atoms with Crippen LogP contribution in [0.15, 0.2) is 0 Å². The van der Waals surface area contributed by atoms with Crippen molar-refractivity contribution in [2.24, 2.45) is 0 Å². The van der Waals surface area contributed by atoms with Gasteiger partial charge in [0.2, 0.25) is 11.8 Å². The summed E-state index contributed by atoms with van der Waals surface area (Å²) in [7, 11) is 0. The van der Waals surface area contributed by atoms with Crippen LogP contribution in [0, 0.1) is 0 Å². The molecule has 0 aromatic rings. The Kier molecular flexibility index (Phi) is 8.70. The van der Waals surface area contributed by atoms with Gasteiger partial charge in [0, 0.05) is 44.3 Å². The Morgan fingerprint density at radius 3 is 1.79 bits per heavy atom. The van der Waals surface area contributed by atoms with Gasteiger partial charge in [0.25, 0.3) is 0 Å². The van der Waals surface area contributed by atoms with Crippen molar-refractivity contribution in [3.8, 4) is 0 Å². The second kappa shape index (κ2) is 9.99. The predicted octanol–water partition coefficient (Wildman–Crippen LogP) is 1.16. The smallest absolute Gasteiger partial charge is 0.237 e. The lowest BCUT2D eigenvalue weighted by atomic mass is 10.2. The molecule has 1 atom stereocenters. The molecular formula is C18H36N4O2. The van der Waals surface area contributed by atoms with Gasteiger partial charge in [0.05, 0.1) is 13.1 Å². The van der Waals surface area contributed by atoms with Gasteiger partial charge in [-0.3, -0.25) is 19.4 Å². The topological polar surface area (TPSA) is 55.9 Å². The zero-order valence-corrected chi connectivity index (χ0v) is 16.3. The minimum Gasteiger partial charge on any atom is -0.353 e. The molecule has 140 valence electrons. The fourth-order valence-corrected chi connectivity index (χ4v) is 3.18. The molecule has 24 heavy (non-hydrogen) atoms. The highest BCUT2D eigenvalue weighted by Gasteiger charge is 2.25. The molecule has 1 N–H and O–H groups in total. The third kappa shape index (κ3) is 6.77. The molecule has 0 bridgehead atoms. The summed E-state index contributed by atoms with van der Waals surface area (Å²) < 4.78 is 0. The van der Waals surface area contributed by atoms with Crippen LogP contribution in [0.25, 0.3) is 0 Å². The second-order valence-corrected chi connectivity index (χ2v) is 7.42. The molecule has 0 aliphatic carbocycles. The Morgan fingerprint density at radius 1 is 0.917 bits per heavy atom. The van der Waals surface area contributed by atoms with Gasteiger partial charge in [-0.2, -0.15) is 0 Å². The number of nitrogens with zero attached hydrogens (tertiary/aromatic N) is 3. The second-order valence-electron chi connectivity index (χ2n) is 7.42. The molecule has 0 aromatic carbocycles. The Labute approximate surface area is 147 Å². The molecule has 1 heterocycles. The van der Waals surface area contributed by atoms with Gasteiger partial charge in [0.15, 0.2) is 0 Å². The van der Waals surface area contributed by atoms with E-state index in [1.807, 2.05) is 11.8 Å². The van der Waals surface area contributed by atoms with Gasteiger partial charge >= 0.3 is 0 Å². The molecule has 0 aromatic heterocycles. The van der Waals surface area contributed by atoms with Gasteiger partial charge < -0.3 is 10.2 Å². The van der Waals surface area contributed by atoms with E-state index in [1.54, 1.807) is 0 Å². The van der Waals surface area contributed by atoms with Crippen LogP contribution in [0.2, 0.25) is 0 Å². The maximum Gasteiger partial charge on any atom is 0.237 e. The molecule has 1 rings (SSSR count). The third-order valence-corrected chi connectivity index (χ3v) is 4.61. The maximum atomic E-state index is 12.5. The van der Waals surface area contributed by atoms with E-state index < -0.39 is 0 Å². The number of hydrogen-bond donors (Lipinski definition) is 1. The molecule has 1 saturated heterocycles. The Morgan fingerprint density at radius 2 is 1.38 bits per heavy atom. The van der Waals surface area contributed by atoms with Crippen molar-refractivity contribution in [1.82, 2.24) is 20.0 Å². The lowest BCUT2D eigenvalue weighted by Gasteiger charge is -2.37. The van der Waals surface area contributed by atoms with E-state index in [-0.39, 0.29) is 29.9 Å². The highest BCUT2D eigenvalue weighted by molar-refractivity contribution is 5.79. The zero-order chi connectivity index (χ0) is 18.3. The Balaban J connectivity index is 2.37. The van der Waals surface area contributed by atoms with E-state index in [0.29, 0.717) is 13.1 Å². The number of carbonyl (C=O) groups is 2. The lowest BCUT2D eigenvalue weighted by Crippen LogP contribution is -2.53. The number of rotatable bonds is 8. The fraction of sp³-hybridized carbons (Fsp3) is 0.889. The third-order valence-electron chi connectivity index (χ3n) is 4.61. The molecule has 2 amide bonds. The van der Waals surface area contributed by atoms with Crippen LogP contribution >= 0.6 is 0 Å².